The minimum absolute atomic E-state index is 0.204. The molecule has 16 heavy (non-hydrogen) atoms. The number of rotatable bonds is 2. The van der Waals surface area contributed by atoms with Gasteiger partial charge in [0.15, 0.2) is 11.6 Å². The summed E-state index contributed by atoms with van der Waals surface area (Å²) in [6.45, 7) is 0. The molecule has 0 saturated carbocycles. The third kappa shape index (κ3) is 2.99. The number of hydrogen-bond acceptors (Lipinski definition) is 3. The number of ether oxygens (including phenoxy) is 1. The maximum Gasteiger partial charge on any atom is 0.573 e. The minimum atomic E-state index is -5.01. The van der Waals surface area contributed by atoms with E-state index in [-0.39, 0.29) is 5.02 Å². The van der Waals surface area contributed by atoms with Crippen LogP contribution in [-0.4, -0.2) is 17.8 Å². The molecule has 1 rings (SSSR count). The monoisotopic (exact) mass is 257 g/mol. The standard InChI is InChI=1S/C8H4ClF4NO2/c9-5-1-2-6(16-8(11,12)13)7(10)4(5)3-14-15/h1-3,15H/b14-3-. The number of hydrogen-bond donors (Lipinski definition) is 1. The van der Waals surface area contributed by atoms with Gasteiger partial charge in [0.2, 0.25) is 0 Å². The van der Waals surface area contributed by atoms with Crippen molar-refractivity contribution in [3.8, 4) is 5.75 Å². The van der Waals surface area contributed by atoms with E-state index in [4.69, 9.17) is 16.8 Å². The Kier molecular flexibility index (Phi) is 3.58. The smallest absolute Gasteiger partial charge is 0.411 e. The second-order valence-corrected chi connectivity index (χ2v) is 2.97. The first-order valence-corrected chi connectivity index (χ1v) is 4.14. The molecule has 0 fully saturated rings. The minimum Gasteiger partial charge on any atom is -0.411 e. The molecule has 0 amide bonds. The number of benzene rings is 1. The van der Waals surface area contributed by atoms with Gasteiger partial charge in [-0.1, -0.05) is 16.8 Å². The highest BCUT2D eigenvalue weighted by molar-refractivity contribution is 6.33. The summed E-state index contributed by atoms with van der Waals surface area (Å²) < 4.78 is 52.2. The Morgan fingerprint density at radius 1 is 1.38 bits per heavy atom. The van der Waals surface area contributed by atoms with Crippen molar-refractivity contribution in [1.29, 1.82) is 0 Å². The van der Waals surface area contributed by atoms with Gasteiger partial charge in [0.25, 0.3) is 0 Å². The fourth-order valence-electron chi connectivity index (χ4n) is 0.929. The molecule has 0 spiro atoms. The van der Waals surface area contributed by atoms with Crippen LogP contribution in [0.2, 0.25) is 5.02 Å². The van der Waals surface area contributed by atoms with E-state index in [9.17, 15) is 17.6 Å². The zero-order chi connectivity index (χ0) is 12.3. The van der Waals surface area contributed by atoms with Crippen molar-refractivity contribution in [3.63, 3.8) is 0 Å². The summed E-state index contributed by atoms with van der Waals surface area (Å²) in [5.41, 5.74) is -0.495. The molecule has 3 nitrogen and oxygen atoms in total. The van der Waals surface area contributed by atoms with Crippen molar-refractivity contribution in [2.45, 2.75) is 6.36 Å². The Balaban J connectivity index is 3.18. The van der Waals surface area contributed by atoms with Crippen LogP contribution in [0.15, 0.2) is 17.3 Å². The van der Waals surface area contributed by atoms with Gasteiger partial charge < -0.3 is 9.94 Å². The summed E-state index contributed by atoms with van der Waals surface area (Å²) in [4.78, 5) is 0. The predicted octanol–water partition coefficient (Wildman–Crippen LogP) is 3.19. The van der Waals surface area contributed by atoms with Crippen molar-refractivity contribution >= 4 is 17.8 Å². The summed E-state index contributed by atoms with van der Waals surface area (Å²) in [5, 5.41) is 10.4. The average molecular weight is 258 g/mol. The van der Waals surface area contributed by atoms with Gasteiger partial charge in [0, 0.05) is 0 Å². The first kappa shape index (κ1) is 12.6. The zero-order valence-electron chi connectivity index (χ0n) is 7.42. The molecule has 0 saturated heterocycles. The van der Waals surface area contributed by atoms with E-state index < -0.39 is 23.5 Å². The second kappa shape index (κ2) is 4.56. The SMILES string of the molecule is O/N=C\c1c(Cl)ccc(OC(F)(F)F)c1F. The summed E-state index contributed by atoms with van der Waals surface area (Å²) in [5.74, 6) is -2.41. The normalized spacial score (nSPS) is 12.1. The Hall–Kier alpha value is -1.50. The quantitative estimate of drug-likeness (QED) is 0.383. The maximum atomic E-state index is 13.3. The maximum absolute atomic E-state index is 13.3. The van der Waals surface area contributed by atoms with Crippen LogP contribution in [0.5, 0.6) is 5.75 Å². The fraction of sp³-hybridized carbons (Fsp3) is 0.125. The van der Waals surface area contributed by atoms with Crippen LogP contribution < -0.4 is 4.74 Å². The summed E-state index contributed by atoms with van der Waals surface area (Å²) in [6.07, 6.45) is -4.44. The van der Waals surface area contributed by atoms with E-state index in [1.165, 1.54) is 0 Å². The lowest BCUT2D eigenvalue weighted by atomic mass is 10.2. The summed E-state index contributed by atoms with van der Waals surface area (Å²) in [7, 11) is 0. The van der Waals surface area contributed by atoms with Gasteiger partial charge in [-0.25, -0.2) is 4.39 Å². The van der Waals surface area contributed by atoms with E-state index in [1.807, 2.05) is 0 Å². The number of oxime groups is 1. The van der Waals surface area contributed by atoms with Gasteiger partial charge in [0.1, 0.15) is 0 Å². The highest BCUT2D eigenvalue weighted by atomic mass is 35.5. The van der Waals surface area contributed by atoms with Crippen molar-refractivity contribution < 1.29 is 27.5 Å². The number of nitrogens with zero attached hydrogens (tertiary/aromatic N) is 1. The van der Waals surface area contributed by atoms with Crippen LogP contribution in [0.4, 0.5) is 17.6 Å². The molecule has 0 heterocycles. The van der Waals surface area contributed by atoms with Gasteiger partial charge in [-0.3, -0.25) is 0 Å². The van der Waals surface area contributed by atoms with Gasteiger partial charge in [0.05, 0.1) is 16.8 Å². The van der Waals surface area contributed by atoms with E-state index in [1.54, 1.807) is 0 Å². The average Bonchev–Trinajstić information content (AvgIpc) is 2.15. The third-order valence-corrected chi connectivity index (χ3v) is 1.83. The summed E-state index contributed by atoms with van der Waals surface area (Å²) in [6, 6.07) is 1.71. The molecule has 0 aliphatic carbocycles. The molecule has 1 aromatic carbocycles. The van der Waals surface area contributed by atoms with Gasteiger partial charge in [-0.05, 0) is 12.1 Å². The predicted molar refractivity (Wildman–Crippen MR) is 47.5 cm³/mol. The van der Waals surface area contributed by atoms with E-state index in [2.05, 4.69) is 9.89 Å². The molecule has 8 heteroatoms. The second-order valence-electron chi connectivity index (χ2n) is 2.57. The van der Waals surface area contributed by atoms with Crippen LogP contribution in [0.1, 0.15) is 5.56 Å². The Bertz CT molecular complexity index is 419. The topological polar surface area (TPSA) is 41.8 Å². The van der Waals surface area contributed by atoms with Crippen LogP contribution in [0.25, 0.3) is 0 Å². The molecule has 1 aromatic rings. The molecule has 1 N–H and O–H groups in total. The van der Waals surface area contributed by atoms with Crippen molar-refractivity contribution in [2.75, 3.05) is 0 Å². The largest absolute Gasteiger partial charge is 0.573 e. The molecule has 0 radical (unpaired) electrons. The highest BCUT2D eigenvalue weighted by Crippen LogP contribution is 2.30. The molecule has 0 atom stereocenters. The Morgan fingerprint density at radius 2 is 2.00 bits per heavy atom. The molecule has 88 valence electrons. The van der Waals surface area contributed by atoms with Crippen LogP contribution in [0, 0.1) is 5.82 Å². The van der Waals surface area contributed by atoms with E-state index >= 15 is 0 Å². The molecular weight excluding hydrogens is 254 g/mol. The number of alkyl halides is 3. The Morgan fingerprint density at radius 3 is 2.50 bits per heavy atom. The molecule has 0 aliphatic heterocycles. The van der Waals surface area contributed by atoms with Crippen molar-refractivity contribution in [1.82, 2.24) is 0 Å². The Labute approximate surface area is 91.9 Å². The lowest BCUT2D eigenvalue weighted by Gasteiger charge is -2.11. The first-order valence-electron chi connectivity index (χ1n) is 3.76. The molecule has 0 aromatic heterocycles. The first-order chi connectivity index (χ1) is 7.35. The third-order valence-electron chi connectivity index (χ3n) is 1.50. The van der Waals surface area contributed by atoms with Gasteiger partial charge >= 0.3 is 6.36 Å². The van der Waals surface area contributed by atoms with Crippen molar-refractivity contribution in [2.24, 2.45) is 5.16 Å². The molecule has 0 unspecified atom stereocenters. The van der Waals surface area contributed by atoms with Gasteiger partial charge in [-0.15, -0.1) is 13.2 Å². The number of halogens is 5. The van der Waals surface area contributed by atoms with Crippen LogP contribution in [-0.2, 0) is 0 Å². The van der Waals surface area contributed by atoms with E-state index in [0.29, 0.717) is 6.21 Å². The van der Waals surface area contributed by atoms with Gasteiger partial charge in [-0.2, -0.15) is 0 Å². The fourth-order valence-corrected chi connectivity index (χ4v) is 1.12. The van der Waals surface area contributed by atoms with Crippen molar-refractivity contribution in [3.05, 3.63) is 28.5 Å². The van der Waals surface area contributed by atoms with E-state index in [0.717, 1.165) is 12.1 Å². The zero-order valence-corrected chi connectivity index (χ0v) is 8.18. The lowest BCUT2D eigenvalue weighted by molar-refractivity contribution is -0.275. The highest BCUT2D eigenvalue weighted by Gasteiger charge is 2.33. The lowest BCUT2D eigenvalue weighted by Crippen LogP contribution is -2.18. The molecule has 0 bridgehead atoms. The van der Waals surface area contributed by atoms with Crippen LogP contribution in [0.3, 0.4) is 0 Å². The molecule has 0 aliphatic rings. The van der Waals surface area contributed by atoms with Crippen LogP contribution >= 0.6 is 11.6 Å². The summed E-state index contributed by atoms with van der Waals surface area (Å²) >= 11 is 5.47. The molecular formula is C8H4ClF4NO2.